The molecule has 0 saturated heterocycles. The molecule has 2 N–H and O–H groups in total. The van der Waals surface area contributed by atoms with Crippen molar-refractivity contribution < 1.29 is 9.90 Å². The van der Waals surface area contributed by atoms with Crippen LogP contribution in [-0.2, 0) is 4.79 Å². The van der Waals surface area contributed by atoms with Crippen LogP contribution in [-0.4, -0.2) is 16.7 Å². The zero-order chi connectivity index (χ0) is 12.6. The van der Waals surface area contributed by atoms with Crippen LogP contribution >= 0.6 is 23.2 Å². The highest BCUT2D eigenvalue weighted by atomic mass is 35.5. The van der Waals surface area contributed by atoms with Gasteiger partial charge >= 0.3 is 0 Å². The molecule has 1 heterocycles. The lowest BCUT2D eigenvalue weighted by Gasteiger charge is -2.19. The van der Waals surface area contributed by atoms with E-state index in [2.05, 4.69) is 10.5 Å². The molecule has 1 unspecified atom stereocenters. The molecule has 0 fully saturated rings. The number of nitrogens with one attached hydrogen (secondary N) is 1. The van der Waals surface area contributed by atoms with Crippen molar-refractivity contribution >= 4 is 34.8 Å². The van der Waals surface area contributed by atoms with Gasteiger partial charge in [-0.25, -0.2) is 5.43 Å². The van der Waals surface area contributed by atoms with Gasteiger partial charge in [-0.15, -0.1) is 0 Å². The van der Waals surface area contributed by atoms with E-state index in [0.29, 0.717) is 17.7 Å². The minimum absolute atomic E-state index is 0.0135. The molecule has 4 nitrogen and oxygen atoms in total. The standard InChI is InChI=1S/C11H10Cl2N2O2/c1-5-2-9(16)14-15-10(5)6-3-7(12)11(17)8(13)4-6/h3-5,17H,2H2,1H3,(H,14,16). The second kappa shape index (κ2) is 4.55. The summed E-state index contributed by atoms with van der Waals surface area (Å²) in [4.78, 5) is 11.1. The summed E-state index contributed by atoms with van der Waals surface area (Å²) in [6.07, 6.45) is 0.370. The molecule has 1 aromatic rings. The Kier molecular flexibility index (Phi) is 3.26. The molecule has 90 valence electrons. The maximum absolute atomic E-state index is 11.1. The summed E-state index contributed by atoms with van der Waals surface area (Å²) in [5, 5.41) is 13.8. The first-order valence-electron chi connectivity index (χ1n) is 5.04. The number of halogens is 2. The molecule has 1 atom stereocenters. The summed E-state index contributed by atoms with van der Waals surface area (Å²) in [5.41, 5.74) is 3.82. The van der Waals surface area contributed by atoms with Gasteiger partial charge in [0.1, 0.15) is 0 Å². The molecular formula is C11H10Cl2N2O2. The van der Waals surface area contributed by atoms with E-state index in [4.69, 9.17) is 23.2 Å². The van der Waals surface area contributed by atoms with Gasteiger partial charge in [0.25, 0.3) is 0 Å². The predicted octanol–water partition coefficient (Wildman–Crippen LogP) is 2.56. The highest BCUT2D eigenvalue weighted by molar-refractivity contribution is 6.37. The van der Waals surface area contributed by atoms with Gasteiger partial charge in [0.15, 0.2) is 5.75 Å². The van der Waals surface area contributed by atoms with Crippen molar-refractivity contribution in [2.24, 2.45) is 11.0 Å². The Morgan fingerprint density at radius 2 is 2.00 bits per heavy atom. The monoisotopic (exact) mass is 272 g/mol. The maximum Gasteiger partial charge on any atom is 0.240 e. The first-order chi connectivity index (χ1) is 7.99. The van der Waals surface area contributed by atoms with Crippen LogP contribution in [0.5, 0.6) is 5.75 Å². The Hall–Kier alpha value is -1.26. The number of hydrogen-bond donors (Lipinski definition) is 2. The number of benzene rings is 1. The number of nitrogens with zero attached hydrogens (tertiary/aromatic N) is 1. The van der Waals surface area contributed by atoms with Crippen LogP contribution < -0.4 is 5.43 Å². The van der Waals surface area contributed by atoms with Gasteiger partial charge in [0, 0.05) is 17.9 Å². The Balaban J connectivity index is 2.44. The molecule has 1 aliphatic rings. The van der Waals surface area contributed by atoms with Crippen LogP contribution in [0.25, 0.3) is 0 Å². The summed E-state index contributed by atoms with van der Waals surface area (Å²) >= 11 is 11.7. The second-order valence-corrected chi connectivity index (χ2v) is 4.74. The quantitative estimate of drug-likeness (QED) is 0.826. The van der Waals surface area contributed by atoms with Crippen LogP contribution in [0, 0.1) is 5.92 Å². The zero-order valence-corrected chi connectivity index (χ0v) is 10.5. The lowest BCUT2D eigenvalue weighted by atomic mass is 9.94. The lowest BCUT2D eigenvalue weighted by molar-refractivity contribution is -0.121. The largest absolute Gasteiger partial charge is 0.505 e. The SMILES string of the molecule is CC1CC(=O)NN=C1c1cc(Cl)c(O)c(Cl)c1. The van der Waals surface area contributed by atoms with Crippen molar-refractivity contribution in [3.63, 3.8) is 0 Å². The molecule has 0 radical (unpaired) electrons. The number of phenols is 1. The molecule has 0 bridgehead atoms. The van der Waals surface area contributed by atoms with E-state index in [1.165, 1.54) is 0 Å². The first-order valence-corrected chi connectivity index (χ1v) is 5.79. The fourth-order valence-corrected chi connectivity index (χ4v) is 2.20. The third kappa shape index (κ3) is 2.37. The number of hydrazone groups is 1. The zero-order valence-electron chi connectivity index (χ0n) is 9.00. The summed E-state index contributed by atoms with van der Waals surface area (Å²) in [7, 11) is 0. The average Bonchev–Trinajstić information content (AvgIpc) is 2.25. The maximum atomic E-state index is 11.1. The van der Waals surface area contributed by atoms with E-state index in [9.17, 15) is 9.90 Å². The first kappa shape index (κ1) is 12.2. The molecule has 1 amide bonds. The highest BCUT2D eigenvalue weighted by Gasteiger charge is 2.22. The van der Waals surface area contributed by atoms with Crippen molar-refractivity contribution in [3.8, 4) is 5.75 Å². The normalized spacial score (nSPS) is 19.8. The van der Waals surface area contributed by atoms with E-state index in [0.717, 1.165) is 0 Å². The van der Waals surface area contributed by atoms with E-state index >= 15 is 0 Å². The average molecular weight is 273 g/mol. The Labute approximate surface area is 108 Å². The lowest BCUT2D eigenvalue weighted by Crippen LogP contribution is -2.31. The van der Waals surface area contributed by atoms with Gasteiger partial charge in [-0.05, 0) is 12.1 Å². The van der Waals surface area contributed by atoms with Gasteiger partial charge in [-0.2, -0.15) is 5.10 Å². The third-order valence-corrected chi connectivity index (χ3v) is 3.15. The van der Waals surface area contributed by atoms with Crippen molar-refractivity contribution in [1.29, 1.82) is 0 Å². The molecule has 17 heavy (non-hydrogen) atoms. The fraction of sp³-hybridized carbons (Fsp3) is 0.273. The van der Waals surface area contributed by atoms with Gasteiger partial charge in [-0.3, -0.25) is 4.79 Å². The minimum atomic E-state index is -0.148. The smallest absolute Gasteiger partial charge is 0.240 e. The number of aromatic hydroxyl groups is 1. The fourth-order valence-electron chi connectivity index (χ4n) is 1.72. The summed E-state index contributed by atoms with van der Waals surface area (Å²) in [6.45, 7) is 1.90. The summed E-state index contributed by atoms with van der Waals surface area (Å²) in [6, 6.07) is 3.16. The molecule has 6 heteroatoms. The van der Waals surface area contributed by atoms with Gasteiger partial charge in [-0.1, -0.05) is 30.1 Å². The van der Waals surface area contributed by atoms with Crippen LogP contribution in [0.4, 0.5) is 0 Å². The van der Waals surface area contributed by atoms with E-state index in [1.54, 1.807) is 12.1 Å². The Bertz CT molecular complexity index is 491. The highest BCUT2D eigenvalue weighted by Crippen LogP contribution is 2.34. The molecule has 2 rings (SSSR count). The van der Waals surface area contributed by atoms with E-state index < -0.39 is 0 Å². The number of carbonyl (C=O) groups is 1. The van der Waals surface area contributed by atoms with Gasteiger partial charge in [0.05, 0.1) is 15.8 Å². The number of hydrogen-bond acceptors (Lipinski definition) is 3. The van der Waals surface area contributed by atoms with Crippen LogP contribution in [0.15, 0.2) is 17.2 Å². The van der Waals surface area contributed by atoms with Gasteiger partial charge in [0.2, 0.25) is 5.91 Å². The minimum Gasteiger partial charge on any atom is -0.505 e. The summed E-state index contributed by atoms with van der Waals surface area (Å²) < 4.78 is 0. The van der Waals surface area contributed by atoms with Gasteiger partial charge < -0.3 is 5.11 Å². The van der Waals surface area contributed by atoms with Crippen LogP contribution in [0.1, 0.15) is 18.9 Å². The van der Waals surface area contributed by atoms with Crippen molar-refractivity contribution in [2.75, 3.05) is 0 Å². The molecule has 0 saturated carbocycles. The van der Waals surface area contributed by atoms with E-state index in [1.807, 2.05) is 6.92 Å². The molecule has 1 aliphatic heterocycles. The second-order valence-electron chi connectivity index (χ2n) is 3.93. The molecule has 0 aromatic heterocycles. The topological polar surface area (TPSA) is 61.7 Å². The number of carbonyl (C=O) groups excluding carboxylic acids is 1. The van der Waals surface area contributed by atoms with Crippen molar-refractivity contribution in [2.45, 2.75) is 13.3 Å². The predicted molar refractivity (Wildman–Crippen MR) is 66.6 cm³/mol. The van der Waals surface area contributed by atoms with E-state index in [-0.39, 0.29) is 27.6 Å². The molecular weight excluding hydrogens is 263 g/mol. The third-order valence-electron chi connectivity index (χ3n) is 2.57. The number of phenolic OH excluding ortho intramolecular Hbond substituents is 1. The van der Waals surface area contributed by atoms with Crippen LogP contribution in [0.3, 0.4) is 0 Å². The number of amides is 1. The van der Waals surface area contributed by atoms with Crippen molar-refractivity contribution in [1.82, 2.24) is 5.43 Å². The number of rotatable bonds is 1. The molecule has 1 aromatic carbocycles. The molecule has 0 spiro atoms. The molecule has 0 aliphatic carbocycles. The van der Waals surface area contributed by atoms with Crippen LogP contribution in [0.2, 0.25) is 10.0 Å². The Morgan fingerprint density at radius 3 is 2.53 bits per heavy atom. The van der Waals surface area contributed by atoms with Crippen molar-refractivity contribution in [3.05, 3.63) is 27.7 Å². The Morgan fingerprint density at radius 1 is 1.41 bits per heavy atom. The summed E-state index contributed by atoms with van der Waals surface area (Å²) in [5.74, 6) is -0.275.